The molecule has 5 nitrogen and oxygen atoms in total. The van der Waals surface area contributed by atoms with E-state index in [2.05, 4.69) is 20.2 Å². The first kappa shape index (κ1) is 16.9. The number of halogens is 2. The molecule has 7 heteroatoms. The normalized spacial score (nSPS) is 18.4. The van der Waals surface area contributed by atoms with E-state index < -0.39 is 0 Å². The monoisotopic (exact) mass is 385 g/mol. The molecular weight excluding hydrogens is 365 g/mol. The van der Waals surface area contributed by atoms with Crippen molar-refractivity contribution in [3.8, 4) is 0 Å². The second-order valence-electron chi connectivity index (χ2n) is 7.63. The van der Waals surface area contributed by atoms with Crippen molar-refractivity contribution in [2.24, 2.45) is 5.92 Å². The quantitative estimate of drug-likeness (QED) is 0.673. The predicted octanol–water partition coefficient (Wildman–Crippen LogP) is 4.25. The zero-order valence-corrected chi connectivity index (χ0v) is 15.7. The third-order valence-electron chi connectivity index (χ3n) is 5.77. The Bertz CT molecular complexity index is 976. The number of hydrogen-bond donors (Lipinski definition) is 0. The van der Waals surface area contributed by atoms with E-state index in [0.29, 0.717) is 10.7 Å². The van der Waals surface area contributed by atoms with Crippen LogP contribution in [0, 0.1) is 11.7 Å². The molecule has 0 radical (unpaired) electrons. The molecule has 2 aliphatic rings. The minimum atomic E-state index is -0.108. The summed E-state index contributed by atoms with van der Waals surface area (Å²) in [6.45, 7) is 1.64. The Morgan fingerprint density at radius 1 is 1.07 bits per heavy atom. The van der Waals surface area contributed by atoms with E-state index in [-0.39, 0.29) is 11.7 Å². The number of piperidine rings is 1. The molecule has 3 heterocycles. The highest BCUT2D eigenvalue weighted by Crippen LogP contribution is 2.36. The molecule has 0 atom stereocenters. The highest BCUT2D eigenvalue weighted by molar-refractivity contribution is 6.36. The van der Waals surface area contributed by atoms with Crippen LogP contribution in [0.3, 0.4) is 0 Å². The van der Waals surface area contributed by atoms with Gasteiger partial charge in [0.05, 0.1) is 11.9 Å². The average Bonchev–Trinajstić information content (AvgIpc) is 3.41. The molecule has 27 heavy (non-hydrogen) atoms. The molecule has 2 aromatic heterocycles. The lowest BCUT2D eigenvalue weighted by molar-refractivity contribution is 0.481. The summed E-state index contributed by atoms with van der Waals surface area (Å²) in [6, 6.07) is 7.09. The summed E-state index contributed by atoms with van der Waals surface area (Å²) in [6.07, 6.45) is 7.04. The molecule has 0 amide bonds. The van der Waals surface area contributed by atoms with Crippen LogP contribution in [-0.4, -0.2) is 32.9 Å². The maximum absolute atomic E-state index is 14.1. The predicted molar refractivity (Wildman–Crippen MR) is 103 cm³/mol. The molecule has 140 valence electrons. The number of aromatic nitrogens is 4. The van der Waals surface area contributed by atoms with Gasteiger partial charge in [-0.1, -0.05) is 29.8 Å². The number of hydrogen-bond acceptors (Lipinski definition) is 4. The zero-order valence-electron chi connectivity index (χ0n) is 15.0. The van der Waals surface area contributed by atoms with Crippen LogP contribution in [0.25, 0.3) is 5.65 Å². The van der Waals surface area contributed by atoms with E-state index in [1.165, 1.54) is 12.8 Å². The van der Waals surface area contributed by atoms with Gasteiger partial charge in [-0.15, -0.1) is 10.2 Å². The van der Waals surface area contributed by atoms with Gasteiger partial charge < -0.3 is 4.90 Å². The van der Waals surface area contributed by atoms with Crippen LogP contribution >= 0.6 is 11.6 Å². The molecule has 0 bridgehead atoms. The standard InChI is InChI=1S/C20H21ClFN5/c21-19-17(12-23-27-18(11-13-5-6-13)24-25-20(19)27)26-9-7-14(8-10-26)15-3-1-2-4-16(15)22/h1-4,12-14H,5-11H2. The number of fused-ring (bicyclic) bond motifs is 1. The van der Waals surface area contributed by atoms with Crippen molar-refractivity contribution >= 4 is 22.9 Å². The molecule has 0 unspecified atom stereocenters. The molecule has 1 aliphatic heterocycles. The number of nitrogens with zero attached hydrogens (tertiary/aromatic N) is 5. The smallest absolute Gasteiger partial charge is 0.198 e. The van der Waals surface area contributed by atoms with E-state index in [9.17, 15) is 4.39 Å². The van der Waals surface area contributed by atoms with Crippen LogP contribution in [0.4, 0.5) is 10.1 Å². The number of benzene rings is 1. The number of anilines is 1. The SMILES string of the molecule is Fc1ccccc1C1CCN(c2cnn3c(CC4CC4)nnc3c2Cl)CC1. The van der Waals surface area contributed by atoms with Gasteiger partial charge in [0, 0.05) is 19.5 Å². The molecule has 0 spiro atoms. The Morgan fingerprint density at radius 3 is 2.59 bits per heavy atom. The van der Waals surface area contributed by atoms with Gasteiger partial charge in [-0.2, -0.15) is 9.61 Å². The van der Waals surface area contributed by atoms with E-state index in [1.807, 2.05) is 18.3 Å². The summed E-state index contributed by atoms with van der Waals surface area (Å²) in [7, 11) is 0. The second-order valence-corrected chi connectivity index (χ2v) is 8.00. The van der Waals surface area contributed by atoms with E-state index in [4.69, 9.17) is 11.6 Å². The molecular formula is C20H21ClFN5. The van der Waals surface area contributed by atoms with Crippen molar-refractivity contribution in [3.05, 3.63) is 52.7 Å². The van der Waals surface area contributed by atoms with Crippen molar-refractivity contribution in [1.29, 1.82) is 0 Å². The summed E-state index contributed by atoms with van der Waals surface area (Å²) in [4.78, 5) is 2.22. The molecule has 3 aromatic rings. The van der Waals surface area contributed by atoms with Crippen molar-refractivity contribution in [3.63, 3.8) is 0 Å². The van der Waals surface area contributed by atoms with Crippen LogP contribution in [0.5, 0.6) is 0 Å². The summed E-state index contributed by atoms with van der Waals surface area (Å²) in [5.41, 5.74) is 2.33. The maximum atomic E-state index is 14.1. The summed E-state index contributed by atoms with van der Waals surface area (Å²) in [5.74, 6) is 1.74. The Kier molecular flexibility index (Phi) is 4.23. The van der Waals surface area contributed by atoms with E-state index in [0.717, 1.165) is 55.3 Å². The van der Waals surface area contributed by atoms with E-state index >= 15 is 0 Å². The Hall–Kier alpha value is -2.21. The molecule has 2 fully saturated rings. The fourth-order valence-corrected chi connectivity index (χ4v) is 4.31. The third kappa shape index (κ3) is 3.16. The van der Waals surface area contributed by atoms with Crippen LogP contribution in [0.1, 0.15) is 43.0 Å². The summed E-state index contributed by atoms with van der Waals surface area (Å²) >= 11 is 6.65. The van der Waals surface area contributed by atoms with Crippen LogP contribution < -0.4 is 4.90 Å². The Morgan fingerprint density at radius 2 is 1.85 bits per heavy atom. The zero-order chi connectivity index (χ0) is 18.4. The molecule has 1 aliphatic carbocycles. The van der Waals surface area contributed by atoms with Gasteiger partial charge in [-0.3, -0.25) is 0 Å². The largest absolute Gasteiger partial charge is 0.369 e. The molecule has 5 rings (SSSR count). The van der Waals surface area contributed by atoms with Crippen LogP contribution in [-0.2, 0) is 6.42 Å². The highest BCUT2D eigenvalue weighted by atomic mass is 35.5. The topological polar surface area (TPSA) is 46.3 Å². The van der Waals surface area contributed by atoms with Gasteiger partial charge in [0.1, 0.15) is 10.8 Å². The summed E-state index contributed by atoms with van der Waals surface area (Å²) in [5, 5.41) is 13.7. The third-order valence-corrected chi connectivity index (χ3v) is 6.13. The van der Waals surface area contributed by atoms with Crippen LogP contribution in [0.15, 0.2) is 30.5 Å². The van der Waals surface area contributed by atoms with Gasteiger partial charge in [0.2, 0.25) is 0 Å². The Labute approximate surface area is 162 Å². The molecule has 1 aromatic carbocycles. The molecule has 1 saturated carbocycles. The van der Waals surface area contributed by atoms with Crippen molar-refractivity contribution in [1.82, 2.24) is 19.8 Å². The fourth-order valence-electron chi connectivity index (χ4n) is 4.02. The first-order valence-electron chi connectivity index (χ1n) is 9.59. The van der Waals surface area contributed by atoms with Gasteiger partial charge in [-0.25, -0.2) is 4.39 Å². The van der Waals surface area contributed by atoms with Gasteiger partial charge in [0.15, 0.2) is 11.5 Å². The van der Waals surface area contributed by atoms with E-state index in [1.54, 1.807) is 16.6 Å². The lowest BCUT2D eigenvalue weighted by Gasteiger charge is -2.34. The summed E-state index contributed by atoms with van der Waals surface area (Å²) < 4.78 is 15.8. The number of rotatable bonds is 4. The van der Waals surface area contributed by atoms with Crippen LogP contribution in [0.2, 0.25) is 5.02 Å². The second kappa shape index (κ2) is 6.75. The first-order chi connectivity index (χ1) is 13.2. The Balaban J connectivity index is 1.35. The fraction of sp³-hybridized carbons (Fsp3) is 0.450. The minimum absolute atomic E-state index is 0.108. The molecule has 1 saturated heterocycles. The van der Waals surface area contributed by atoms with Crippen molar-refractivity contribution in [2.45, 2.75) is 38.0 Å². The minimum Gasteiger partial charge on any atom is -0.369 e. The van der Waals surface area contributed by atoms with Gasteiger partial charge >= 0.3 is 0 Å². The van der Waals surface area contributed by atoms with Gasteiger partial charge in [0.25, 0.3) is 0 Å². The van der Waals surface area contributed by atoms with Gasteiger partial charge in [-0.05, 0) is 49.1 Å². The first-order valence-corrected chi connectivity index (χ1v) is 9.96. The van der Waals surface area contributed by atoms with Crippen molar-refractivity contribution in [2.75, 3.05) is 18.0 Å². The van der Waals surface area contributed by atoms with Crippen molar-refractivity contribution < 1.29 is 4.39 Å². The lowest BCUT2D eigenvalue weighted by atomic mass is 9.89. The maximum Gasteiger partial charge on any atom is 0.198 e. The average molecular weight is 386 g/mol. The highest BCUT2D eigenvalue weighted by Gasteiger charge is 2.27. The molecule has 0 N–H and O–H groups in total. The lowest BCUT2D eigenvalue weighted by Crippen LogP contribution is -2.33.